The van der Waals surface area contributed by atoms with E-state index in [0.717, 1.165) is 43.3 Å². The van der Waals surface area contributed by atoms with Gasteiger partial charge in [0, 0.05) is 24.2 Å². The lowest BCUT2D eigenvalue weighted by Crippen LogP contribution is -2.13. The molecular formula is C14H26N4. The Kier molecular flexibility index (Phi) is 6.05. The van der Waals surface area contributed by atoms with E-state index in [1.165, 1.54) is 0 Å². The van der Waals surface area contributed by atoms with Gasteiger partial charge in [-0.3, -0.25) is 0 Å². The summed E-state index contributed by atoms with van der Waals surface area (Å²) < 4.78 is 0. The molecule has 1 atom stereocenters. The summed E-state index contributed by atoms with van der Waals surface area (Å²) in [7, 11) is 0. The van der Waals surface area contributed by atoms with Crippen LogP contribution < -0.4 is 11.1 Å². The van der Waals surface area contributed by atoms with E-state index in [1.54, 1.807) is 0 Å². The Labute approximate surface area is 110 Å². The van der Waals surface area contributed by atoms with Crippen LogP contribution in [0.2, 0.25) is 0 Å². The second-order valence-corrected chi connectivity index (χ2v) is 5.32. The number of rotatable bonds is 7. The van der Waals surface area contributed by atoms with Crippen LogP contribution in [0.25, 0.3) is 0 Å². The summed E-state index contributed by atoms with van der Waals surface area (Å²) in [5.41, 5.74) is 6.62. The van der Waals surface area contributed by atoms with Crippen LogP contribution in [0.1, 0.15) is 51.0 Å². The molecular weight excluding hydrogens is 224 g/mol. The first-order valence-corrected chi connectivity index (χ1v) is 6.82. The number of hydrogen-bond donors (Lipinski definition) is 2. The van der Waals surface area contributed by atoms with Gasteiger partial charge in [-0.05, 0) is 32.2 Å². The van der Waals surface area contributed by atoms with E-state index in [0.29, 0.717) is 11.8 Å². The number of aryl methyl sites for hydroxylation is 1. The molecule has 0 saturated carbocycles. The Morgan fingerprint density at radius 2 is 2.00 bits per heavy atom. The number of nitrogens with one attached hydrogen (secondary N) is 1. The van der Waals surface area contributed by atoms with Crippen molar-refractivity contribution in [1.82, 2.24) is 9.97 Å². The van der Waals surface area contributed by atoms with Crippen molar-refractivity contribution in [1.29, 1.82) is 0 Å². The fourth-order valence-corrected chi connectivity index (χ4v) is 1.73. The molecule has 0 saturated heterocycles. The van der Waals surface area contributed by atoms with Crippen molar-refractivity contribution < 1.29 is 0 Å². The average Bonchev–Trinajstić information content (AvgIpc) is 2.33. The summed E-state index contributed by atoms with van der Waals surface area (Å²) in [5.74, 6) is 2.81. The number of nitrogens with zero attached hydrogens (tertiary/aromatic N) is 2. The molecule has 0 amide bonds. The monoisotopic (exact) mass is 250 g/mol. The third kappa shape index (κ3) is 5.00. The van der Waals surface area contributed by atoms with E-state index >= 15 is 0 Å². The Balaban J connectivity index is 2.47. The lowest BCUT2D eigenvalue weighted by atomic mass is 10.1. The minimum atomic E-state index is 0.364. The Morgan fingerprint density at radius 3 is 2.61 bits per heavy atom. The predicted molar refractivity (Wildman–Crippen MR) is 76.8 cm³/mol. The van der Waals surface area contributed by atoms with Crippen LogP contribution in [0.5, 0.6) is 0 Å². The third-order valence-electron chi connectivity index (χ3n) is 2.97. The quantitative estimate of drug-likeness (QED) is 0.730. The van der Waals surface area contributed by atoms with Gasteiger partial charge in [-0.25, -0.2) is 9.97 Å². The maximum Gasteiger partial charge on any atom is 0.133 e. The first kappa shape index (κ1) is 14.9. The standard InChI is InChI=1S/C14H26N4/c1-10(2)14-17-12(4)8-13(18-14)16-7-5-6-11(3)9-15/h8,10-11H,5-7,9,15H2,1-4H3,(H,16,17,18). The second kappa shape index (κ2) is 7.31. The molecule has 0 radical (unpaired) electrons. The molecule has 1 aromatic rings. The molecule has 0 aliphatic carbocycles. The summed E-state index contributed by atoms with van der Waals surface area (Å²) in [6.45, 7) is 10.1. The maximum atomic E-state index is 5.60. The molecule has 0 aliphatic heterocycles. The van der Waals surface area contributed by atoms with Crippen molar-refractivity contribution >= 4 is 5.82 Å². The summed E-state index contributed by atoms with van der Waals surface area (Å²) >= 11 is 0. The lowest BCUT2D eigenvalue weighted by Gasteiger charge is -2.11. The molecule has 1 heterocycles. The zero-order valence-corrected chi connectivity index (χ0v) is 12.0. The molecule has 0 spiro atoms. The smallest absolute Gasteiger partial charge is 0.133 e. The lowest BCUT2D eigenvalue weighted by molar-refractivity contribution is 0.529. The van der Waals surface area contributed by atoms with Gasteiger partial charge >= 0.3 is 0 Å². The van der Waals surface area contributed by atoms with E-state index in [1.807, 2.05) is 13.0 Å². The number of anilines is 1. The zero-order chi connectivity index (χ0) is 13.5. The summed E-state index contributed by atoms with van der Waals surface area (Å²) in [4.78, 5) is 8.96. The number of hydrogen-bond acceptors (Lipinski definition) is 4. The predicted octanol–water partition coefficient (Wildman–Crippen LogP) is 2.70. The van der Waals surface area contributed by atoms with E-state index < -0.39 is 0 Å². The Morgan fingerprint density at radius 1 is 1.28 bits per heavy atom. The van der Waals surface area contributed by atoms with E-state index in [4.69, 9.17) is 5.73 Å². The average molecular weight is 250 g/mol. The van der Waals surface area contributed by atoms with Crippen molar-refractivity contribution in [2.75, 3.05) is 18.4 Å². The van der Waals surface area contributed by atoms with Gasteiger partial charge in [0.05, 0.1) is 0 Å². The zero-order valence-electron chi connectivity index (χ0n) is 12.0. The largest absolute Gasteiger partial charge is 0.370 e. The molecule has 18 heavy (non-hydrogen) atoms. The fourth-order valence-electron chi connectivity index (χ4n) is 1.73. The Hall–Kier alpha value is -1.16. The number of nitrogens with two attached hydrogens (primary N) is 1. The van der Waals surface area contributed by atoms with Crippen LogP contribution >= 0.6 is 0 Å². The molecule has 4 nitrogen and oxygen atoms in total. The van der Waals surface area contributed by atoms with Crippen LogP contribution in [-0.2, 0) is 0 Å². The fraction of sp³-hybridized carbons (Fsp3) is 0.714. The summed E-state index contributed by atoms with van der Waals surface area (Å²) in [5, 5.41) is 3.37. The van der Waals surface area contributed by atoms with Crippen LogP contribution in [0.15, 0.2) is 6.07 Å². The highest BCUT2D eigenvalue weighted by atomic mass is 15.0. The van der Waals surface area contributed by atoms with Crippen molar-refractivity contribution in [3.63, 3.8) is 0 Å². The maximum absolute atomic E-state index is 5.60. The van der Waals surface area contributed by atoms with Crippen LogP contribution in [0.3, 0.4) is 0 Å². The van der Waals surface area contributed by atoms with Crippen LogP contribution in [0, 0.1) is 12.8 Å². The van der Waals surface area contributed by atoms with E-state index in [9.17, 15) is 0 Å². The van der Waals surface area contributed by atoms with Crippen molar-refractivity contribution in [2.45, 2.75) is 46.5 Å². The molecule has 0 aromatic carbocycles. The molecule has 1 unspecified atom stereocenters. The molecule has 0 fully saturated rings. The highest BCUT2D eigenvalue weighted by Crippen LogP contribution is 2.13. The van der Waals surface area contributed by atoms with Gasteiger partial charge in [-0.2, -0.15) is 0 Å². The van der Waals surface area contributed by atoms with Gasteiger partial charge in [0.1, 0.15) is 11.6 Å². The van der Waals surface area contributed by atoms with E-state index in [-0.39, 0.29) is 0 Å². The van der Waals surface area contributed by atoms with Gasteiger partial charge in [-0.15, -0.1) is 0 Å². The van der Waals surface area contributed by atoms with Gasteiger partial charge in [-0.1, -0.05) is 20.8 Å². The van der Waals surface area contributed by atoms with Crippen LogP contribution in [-0.4, -0.2) is 23.1 Å². The topological polar surface area (TPSA) is 63.8 Å². The van der Waals surface area contributed by atoms with Gasteiger partial charge < -0.3 is 11.1 Å². The highest BCUT2D eigenvalue weighted by Gasteiger charge is 2.06. The van der Waals surface area contributed by atoms with Crippen molar-refractivity contribution in [3.8, 4) is 0 Å². The van der Waals surface area contributed by atoms with Crippen molar-refractivity contribution in [2.24, 2.45) is 11.7 Å². The van der Waals surface area contributed by atoms with Gasteiger partial charge in [0.2, 0.25) is 0 Å². The second-order valence-electron chi connectivity index (χ2n) is 5.32. The molecule has 0 bridgehead atoms. The normalized spacial score (nSPS) is 12.8. The Bertz CT molecular complexity index is 363. The minimum absolute atomic E-state index is 0.364. The molecule has 4 heteroatoms. The minimum Gasteiger partial charge on any atom is -0.370 e. The van der Waals surface area contributed by atoms with Gasteiger partial charge in [0.25, 0.3) is 0 Å². The summed E-state index contributed by atoms with van der Waals surface area (Å²) in [6, 6.07) is 2.00. The third-order valence-corrected chi connectivity index (χ3v) is 2.97. The SMILES string of the molecule is Cc1cc(NCCCC(C)CN)nc(C(C)C)n1. The van der Waals surface area contributed by atoms with Gasteiger partial charge in [0.15, 0.2) is 0 Å². The van der Waals surface area contributed by atoms with Crippen LogP contribution in [0.4, 0.5) is 5.82 Å². The molecule has 1 aromatic heterocycles. The molecule has 3 N–H and O–H groups in total. The number of aromatic nitrogens is 2. The molecule has 102 valence electrons. The highest BCUT2D eigenvalue weighted by molar-refractivity contribution is 5.36. The molecule has 1 rings (SSSR count). The summed E-state index contributed by atoms with van der Waals surface area (Å²) in [6.07, 6.45) is 2.28. The first-order valence-electron chi connectivity index (χ1n) is 6.82. The first-order chi connectivity index (χ1) is 8.52. The van der Waals surface area contributed by atoms with E-state index in [2.05, 4.69) is 36.1 Å². The van der Waals surface area contributed by atoms with Crippen molar-refractivity contribution in [3.05, 3.63) is 17.6 Å². The molecule has 0 aliphatic rings.